The first kappa shape index (κ1) is 14.5. The summed E-state index contributed by atoms with van der Waals surface area (Å²) in [6, 6.07) is 4.03. The Morgan fingerprint density at radius 1 is 1.32 bits per heavy atom. The summed E-state index contributed by atoms with van der Waals surface area (Å²) in [6.07, 6.45) is 4.03. The lowest BCUT2D eigenvalue weighted by Gasteiger charge is -2.21. The van der Waals surface area contributed by atoms with E-state index in [9.17, 15) is 14.3 Å². The number of aliphatic hydroxyl groups excluding tert-OH is 1. The van der Waals surface area contributed by atoms with E-state index in [2.05, 4.69) is 21.2 Å². The van der Waals surface area contributed by atoms with Crippen molar-refractivity contribution in [3.8, 4) is 0 Å². The second kappa shape index (κ2) is 6.48. The molecule has 0 aliphatic heterocycles. The Balaban J connectivity index is 2.05. The van der Waals surface area contributed by atoms with Crippen LogP contribution in [0, 0.1) is 5.82 Å². The number of hydrogen-bond donors (Lipinski definition) is 2. The van der Waals surface area contributed by atoms with E-state index in [0.717, 1.165) is 25.7 Å². The minimum Gasteiger partial charge on any atom is -0.391 e. The van der Waals surface area contributed by atoms with E-state index in [1.165, 1.54) is 12.1 Å². The predicted octanol–water partition coefficient (Wildman–Crippen LogP) is 3.01. The third kappa shape index (κ3) is 3.76. The van der Waals surface area contributed by atoms with Gasteiger partial charge in [-0.3, -0.25) is 4.79 Å². The summed E-state index contributed by atoms with van der Waals surface area (Å²) >= 11 is 3.05. The Bertz CT molecular complexity index is 467. The molecule has 2 atom stereocenters. The second-order valence-electron chi connectivity index (χ2n) is 4.91. The Morgan fingerprint density at radius 3 is 2.79 bits per heavy atom. The van der Waals surface area contributed by atoms with Gasteiger partial charge < -0.3 is 10.4 Å². The fourth-order valence-electron chi connectivity index (χ4n) is 2.35. The maximum Gasteiger partial charge on any atom is 0.251 e. The molecule has 1 aromatic rings. The molecule has 19 heavy (non-hydrogen) atoms. The lowest BCUT2D eigenvalue weighted by molar-refractivity contribution is 0.0818. The smallest absolute Gasteiger partial charge is 0.251 e. The van der Waals surface area contributed by atoms with Crippen LogP contribution in [0.15, 0.2) is 22.7 Å². The highest BCUT2D eigenvalue weighted by molar-refractivity contribution is 9.10. The van der Waals surface area contributed by atoms with Crippen LogP contribution in [0.2, 0.25) is 0 Å². The molecule has 1 fully saturated rings. The van der Waals surface area contributed by atoms with Crippen molar-refractivity contribution >= 4 is 21.8 Å². The minimum absolute atomic E-state index is 0.235. The minimum atomic E-state index is -0.508. The van der Waals surface area contributed by atoms with E-state index in [1.807, 2.05) is 0 Å². The van der Waals surface area contributed by atoms with E-state index in [1.54, 1.807) is 6.07 Å². The SMILES string of the molecule is O=C(NC1CCCCCC1O)c1ccc(Br)c(F)c1. The normalized spacial score (nSPS) is 23.7. The molecule has 0 saturated heterocycles. The Morgan fingerprint density at radius 2 is 2.05 bits per heavy atom. The van der Waals surface area contributed by atoms with Crippen LogP contribution in [0.4, 0.5) is 4.39 Å². The van der Waals surface area contributed by atoms with E-state index in [4.69, 9.17) is 0 Å². The fraction of sp³-hybridized carbons (Fsp3) is 0.500. The third-order valence-electron chi connectivity index (χ3n) is 3.48. The number of rotatable bonds is 2. The second-order valence-corrected chi connectivity index (χ2v) is 5.77. The van der Waals surface area contributed by atoms with E-state index in [-0.39, 0.29) is 17.5 Å². The summed E-state index contributed by atoms with van der Waals surface area (Å²) in [5, 5.41) is 12.7. The van der Waals surface area contributed by atoms with Crippen molar-refractivity contribution in [3.63, 3.8) is 0 Å². The van der Waals surface area contributed by atoms with Crippen LogP contribution >= 0.6 is 15.9 Å². The third-order valence-corrected chi connectivity index (χ3v) is 4.12. The molecule has 0 spiro atoms. The molecular weight excluding hydrogens is 313 g/mol. The van der Waals surface area contributed by atoms with E-state index >= 15 is 0 Å². The van der Waals surface area contributed by atoms with Gasteiger partial charge in [0.05, 0.1) is 16.6 Å². The molecule has 0 radical (unpaired) electrons. The molecule has 0 heterocycles. The summed E-state index contributed by atoms with van der Waals surface area (Å²) in [4.78, 5) is 12.0. The Kier molecular flexibility index (Phi) is 4.93. The van der Waals surface area contributed by atoms with Gasteiger partial charge in [0.15, 0.2) is 0 Å². The highest BCUT2D eigenvalue weighted by Crippen LogP contribution is 2.20. The topological polar surface area (TPSA) is 49.3 Å². The first-order valence-corrected chi connectivity index (χ1v) is 7.31. The molecule has 1 aliphatic carbocycles. The lowest BCUT2D eigenvalue weighted by Crippen LogP contribution is -2.42. The van der Waals surface area contributed by atoms with Gasteiger partial charge in [-0.15, -0.1) is 0 Å². The van der Waals surface area contributed by atoms with Gasteiger partial charge in [-0.1, -0.05) is 19.3 Å². The number of hydrogen-bond acceptors (Lipinski definition) is 2. The van der Waals surface area contributed by atoms with Gasteiger partial charge in [0, 0.05) is 5.56 Å². The van der Waals surface area contributed by atoms with E-state index in [0.29, 0.717) is 10.9 Å². The molecule has 1 aromatic carbocycles. The number of nitrogens with one attached hydrogen (secondary N) is 1. The van der Waals surface area contributed by atoms with Crippen LogP contribution in [-0.4, -0.2) is 23.2 Å². The monoisotopic (exact) mass is 329 g/mol. The largest absolute Gasteiger partial charge is 0.391 e. The van der Waals surface area contributed by atoms with Gasteiger partial charge >= 0.3 is 0 Å². The average Bonchev–Trinajstić information content (AvgIpc) is 2.58. The number of carbonyl (C=O) groups is 1. The number of aliphatic hydroxyl groups is 1. The van der Waals surface area contributed by atoms with Gasteiger partial charge in [0.1, 0.15) is 5.82 Å². The zero-order valence-electron chi connectivity index (χ0n) is 10.5. The molecule has 5 heteroatoms. The number of amides is 1. The van der Waals surface area contributed by atoms with Crippen LogP contribution in [0.1, 0.15) is 42.5 Å². The van der Waals surface area contributed by atoms with Crippen LogP contribution in [0.5, 0.6) is 0 Å². The van der Waals surface area contributed by atoms with E-state index < -0.39 is 11.9 Å². The number of benzene rings is 1. The standard InChI is InChI=1S/C14H17BrFNO2/c15-10-7-6-9(8-11(10)16)14(19)17-12-4-2-1-3-5-13(12)18/h6-8,12-13,18H,1-5H2,(H,17,19). The molecular formula is C14H17BrFNO2. The van der Waals surface area contributed by atoms with Crippen LogP contribution in [0.25, 0.3) is 0 Å². The molecule has 2 rings (SSSR count). The fourth-order valence-corrected chi connectivity index (χ4v) is 2.59. The van der Waals surface area contributed by atoms with Gasteiger partial charge in [-0.05, 0) is 47.0 Å². The van der Waals surface area contributed by atoms with Crippen molar-refractivity contribution in [2.75, 3.05) is 0 Å². The van der Waals surface area contributed by atoms with Gasteiger partial charge in [-0.25, -0.2) is 4.39 Å². The first-order valence-electron chi connectivity index (χ1n) is 6.52. The highest BCUT2D eigenvalue weighted by atomic mass is 79.9. The zero-order chi connectivity index (χ0) is 13.8. The van der Waals surface area contributed by atoms with Crippen molar-refractivity contribution in [1.29, 1.82) is 0 Å². The summed E-state index contributed by atoms with van der Waals surface area (Å²) < 4.78 is 13.7. The van der Waals surface area contributed by atoms with Gasteiger partial charge in [0.25, 0.3) is 5.91 Å². The van der Waals surface area contributed by atoms with Crippen molar-refractivity contribution in [1.82, 2.24) is 5.32 Å². The predicted molar refractivity (Wildman–Crippen MR) is 74.4 cm³/mol. The van der Waals surface area contributed by atoms with Crippen LogP contribution < -0.4 is 5.32 Å². The number of halogens is 2. The summed E-state index contributed by atoms with van der Waals surface area (Å²) in [5.74, 6) is -0.800. The maximum atomic E-state index is 13.4. The lowest BCUT2D eigenvalue weighted by atomic mass is 10.1. The molecule has 0 aromatic heterocycles. The summed E-state index contributed by atoms with van der Waals surface area (Å²) in [6.45, 7) is 0. The van der Waals surface area contributed by atoms with Crippen molar-refractivity contribution in [2.24, 2.45) is 0 Å². The zero-order valence-corrected chi connectivity index (χ0v) is 12.1. The van der Waals surface area contributed by atoms with Crippen molar-refractivity contribution in [2.45, 2.75) is 44.2 Å². The Labute approximate surface area is 120 Å². The summed E-state index contributed by atoms with van der Waals surface area (Å²) in [7, 11) is 0. The Hall–Kier alpha value is -0.940. The average molecular weight is 330 g/mol. The molecule has 0 bridgehead atoms. The molecule has 2 unspecified atom stereocenters. The van der Waals surface area contributed by atoms with Gasteiger partial charge in [-0.2, -0.15) is 0 Å². The molecule has 1 aliphatic rings. The highest BCUT2D eigenvalue weighted by Gasteiger charge is 2.23. The van der Waals surface area contributed by atoms with Gasteiger partial charge in [0.2, 0.25) is 0 Å². The molecule has 104 valence electrons. The summed E-state index contributed by atoms with van der Waals surface area (Å²) in [5.41, 5.74) is 0.275. The van der Waals surface area contributed by atoms with Crippen molar-refractivity contribution in [3.05, 3.63) is 34.1 Å². The van der Waals surface area contributed by atoms with Crippen molar-refractivity contribution < 1.29 is 14.3 Å². The molecule has 3 nitrogen and oxygen atoms in total. The molecule has 1 saturated carbocycles. The maximum absolute atomic E-state index is 13.4. The first-order chi connectivity index (χ1) is 9.08. The molecule has 2 N–H and O–H groups in total. The van der Waals surface area contributed by atoms with Crippen LogP contribution in [0.3, 0.4) is 0 Å². The molecule has 1 amide bonds. The van der Waals surface area contributed by atoms with Crippen LogP contribution in [-0.2, 0) is 0 Å². The quantitative estimate of drug-likeness (QED) is 0.819. The number of carbonyl (C=O) groups excluding carboxylic acids is 1.